The number of anilines is 1. The van der Waals surface area contributed by atoms with Crippen molar-refractivity contribution in [1.29, 1.82) is 0 Å². The quantitative estimate of drug-likeness (QED) is 0.320. The molecule has 2 aromatic rings. The SMILES string of the molecule is COC(=O)c1cc(C(C)C)c(NC(O)NS(=O)(=O)c2cccc(C(C)(C)O)c2)c(C(C)C)c1. The molecule has 0 radical (unpaired) electrons. The van der Waals surface area contributed by atoms with E-state index in [2.05, 4.69) is 10.0 Å². The molecule has 0 amide bonds. The van der Waals surface area contributed by atoms with Gasteiger partial charge in [0.2, 0.25) is 10.0 Å². The van der Waals surface area contributed by atoms with E-state index in [0.29, 0.717) is 16.8 Å². The minimum Gasteiger partial charge on any atom is -0.465 e. The first-order valence-electron chi connectivity index (χ1n) is 10.7. The van der Waals surface area contributed by atoms with Crippen LogP contribution in [0.3, 0.4) is 0 Å². The maximum atomic E-state index is 12.9. The van der Waals surface area contributed by atoms with E-state index in [1.54, 1.807) is 32.0 Å². The van der Waals surface area contributed by atoms with Gasteiger partial charge in [-0.25, -0.2) is 13.2 Å². The molecule has 8 nitrogen and oxygen atoms in total. The Bertz CT molecular complexity index is 1080. The van der Waals surface area contributed by atoms with Crippen molar-refractivity contribution in [1.82, 2.24) is 4.72 Å². The summed E-state index contributed by atoms with van der Waals surface area (Å²) in [5.74, 6) is -0.526. The molecular formula is C24H34N2O6S. The zero-order valence-corrected chi connectivity index (χ0v) is 20.9. The number of ether oxygens (including phenoxy) is 1. The largest absolute Gasteiger partial charge is 0.465 e. The molecule has 9 heteroatoms. The first-order chi connectivity index (χ1) is 15.2. The molecule has 0 bridgehead atoms. The van der Waals surface area contributed by atoms with Crippen molar-refractivity contribution in [3.63, 3.8) is 0 Å². The third-order valence-electron chi connectivity index (χ3n) is 5.26. The first kappa shape index (κ1) is 26.8. The third-order valence-corrected chi connectivity index (χ3v) is 6.67. The van der Waals surface area contributed by atoms with E-state index in [0.717, 1.165) is 11.1 Å². The van der Waals surface area contributed by atoms with Gasteiger partial charge in [-0.05, 0) is 66.6 Å². The van der Waals surface area contributed by atoms with Crippen molar-refractivity contribution in [3.8, 4) is 0 Å². The molecule has 0 aromatic heterocycles. The van der Waals surface area contributed by atoms with Crippen LogP contribution in [0.4, 0.5) is 5.69 Å². The molecule has 2 aromatic carbocycles. The lowest BCUT2D eigenvalue weighted by molar-refractivity contribution is 0.0600. The van der Waals surface area contributed by atoms with Crippen LogP contribution in [0.25, 0.3) is 0 Å². The smallest absolute Gasteiger partial charge is 0.337 e. The van der Waals surface area contributed by atoms with Crippen LogP contribution in [0.5, 0.6) is 0 Å². The summed E-state index contributed by atoms with van der Waals surface area (Å²) in [5.41, 5.74) is 1.62. The van der Waals surface area contributed by atoms with E-state index in [4.69, 9.17) is 4.74 Å². The summed E-state index contributed by atoms with van der Waals surface area (Å²) in [5, 5.41) is 23.7. The number of nitrogens with one attached hydrogen (secondary N) is 2. The molecule has 4 N–H and O–H groups in total. The van der Waals surface area contributed by atoms with Gasteiger partial charge in [-0.15, -0.1) is 0 Å². The third kappa shape index (κ3) is 6.54. The molecule has 0 aliphatic carbocycles. The van der Waals surface area contributed by atoms with Crippen LogP contribution >= 0.6 is 0 Å². The fraction of sp³-hybridized carbons (Fsp3) is 0.458. The van der Waals surface area contributed by atoms with E-state index in [1.165, 1.54) is 25.3 Å². The fourth-order valence-corrected chi connectivity index (χ4v) is 4.45. The van der Waals surface area contributed by atoms with Crippen molar-refractivity contribution >= 4 is 21.7 Å². The van der Waals surface area contributed by atoms with Gasteiger partial charge < -0.3 is 20.3 Å². The van der Waals surface area contributed by atoms with E-state index in [-0.39, 0.29) is 16.7 Å². The number of carbonyl (C=O) groups excluding carboxylic acids is 1. The lowest BCUT2D eigenvalue weighted by atomic mass is 9.90. The van der Waals surface area contributed by atoms with Gasteiger partial charge >= 0.3 is 5.97 Å². The molecule has 0 fully saturated rings. The van der Waals surface area contributed by atoms with Crippen LogP contribution in [-0.4, -0.2) is 38.1 Å². The average molecular weight is 479 g/mol. The van der Waals surface area contributed by atoms with Gasteiger partial charge in [-0.2, -0.15) is 4.72 Å². The number of benzene rings is 2. The highest BCUT2D eigenvalue weighted by Gasteiger charge is 2.25. The summed E-state index contributed by atoms with van der Waals surface area (Å²) in [4.78, 5) is 12.1. The topological polar surface area (TPSA) is 125 Å². The van der Waals surface area contributed by atoms with Gasteiger partial charge in [0.15, 0.2) is 6.35 Å². The number of rotatable bonds is 9. The normalized spacial score (nSPS) is 13.3. The predicted molar refractivity (Wildman–Crippen MR) is 128 cm³/mol. The minimum absolute atomic E-state index is 0.0260. The van der Waals surface area contributed by atoms with Crippen LogP contribution in [0.1, 0.15) is 80.4 Å². The molecule has 0 aliphatic heterocycles. The highest BCUT2D eigenvalue weighted by atomic mass is 32.2. The van der Waals surface area contributed by atoms with E-state index in [9.17, 15) is 23.4 Å². The van der Waals surface area contributed by atoms with Crippen molar-refractivity contribution in [2.45, 2.75) is 70.2 Å². The number of aliphatic hydroxyl groups is 2. The monoisotopic (exact) mass is 478 g/mol. The maximum absolute atomic E-state index is 12.9. The van der Waals surface area contributed by atoms with Crippen LogP contribution in [-0.2, 0) is 20.4 Å². The summed E-state index contributed by atoms with van der Waals surface area (Å²) in [6.07, 6.45) is -1.64. The zero-order chi connectivity index (χ0) is 25.1. The molecule has 0 aliphatic rings. The molecular weight excluding hydrogens is 444 g/mol. The van der Waals surface area contributed by atoms with E-state index in [1.807, 2.05) is 27.7 Å². The van der Waals surface area contributed by atoms with E-state index < -0.39 is 27.9 Å². The second kappa shape index (κ2) is 10.2. The zero-order valence-electron chi connectivity index (χ0n) is 20.1. The van der Waals surface area contributed by atoms with E-state index >= 15 is 0 Å². The van der Waals surface area contributed by atoms with Gasteiger partial charge in [0.25, 0.3) is 0 Å². The van der Waals surface area contributed by atoms with Crippen molar-refractivity contribution in [2.75, 3.05) is 12.4 Å². The minimum atomic E-state index is -4.10. The molecule has 0 spiro atoms. The van der Waals surface area contributed by atoms with Crippen LogP contribution in [0.15, 0.2) is 41.3 Å². The Morgan fingerprint density at radius 3 is 2.03 bits per heavy atom. The molecule has 33 heavy (non-hydrogen) atoms. The lowest BCUT2D eigenvalue weighted by Crippen LogP contribution is -2.40. The second-order valence-corrected chi connectivity index (χ2v) is 10.8. The average Bonchev–Trinajstić information content (AvgIpc) is 2.71. The Hall–Kier alpha value is -2.46. The van der Waals surface area contributed by atoms with Crippen molar-refractivity contribution in [2.24, 2.45) is 0 Å². The molecule has 0 heterocycles. The van der Waals surface area contributed by atoms with Gasteiger partial charge in [0.1, 0.15) is 0 Å². The molecule has 1 atom stereocenters. The summed E-state index contributed by atoms with van der Waals surface area (Å²) >= 11 is 0. The number of esters is 1. The van der Waals surface area contributed by atoms with Gasteiger partial charge in [-0.1, -0.05) is 39.8 Å². The summed E-state index contributed by atoms with van der Waals surface area (Å²) in [6, 6.07) is 9.26. The Morgan fingerprint density at radius 2 is 1.58 bits per heavy atom. The van der Waals surface area contributed by atoms with Crippen LogP contribution in [0, 0.1) is 0 Å². The molecule has 2 rings (SSSR count). The van der Waals surface area contributed by atoms with Gasteiger partial charge in [0.05, 0.1) is 23.2 Å². The molecule has 0 saturated carbocycles. The number of carbonyl (C=O) groups is 1. The van der Waals surface area contributed by atoms with Crippen molar-refractivity contribution in [3.05, 3.63) is 58.7 Å². The second-order valence-electron chi connectivity index (χ2n) is 9.09. The predicted octanol–water partition coefficient (Wildman–Crippen LogP) is 3.61. The highest BCUT2D eigenvalue weighted by molar-refractivity contribution is 7.89. The van der Waals surface area contributed by atoms with Gasteiger partial charge in [-0.3, -0.25) is 0 Å². The van der Waals surface area contributed by atoms with Crippen LogP contribution in [0.2, 0.25) is 0 Å². The van der Waals surface area contributed by atoms with Crippen LogP contribution < -0.4 is 10.0 Å². The number of aliphatic hydroxyl groups excluding tert-OH is 1. The molecule has 182 valence electrons. The summed E-state index contributed by atoms with van der Waals surface area (Å²) in [6.45, 7) is 10.9. The number of hydrogen-bond acceptors (Lipinski definition) is 7. The standard InChI is InChI=1S/C24H34N2O6S/c1-14(2)19-11-16(22(27)32-7)12-20(15(3)4)21(19)25-23(28)26-33(30,31)18-10-8-9-17(13-18)24(5,6)29/h8-15,23,25-26,28-29H,1-7H3. The number of hydrogen-bond donors (Lipinski definition) is 4. The van der Waals surface area contributed by atoms with Crippen molar-refractivity contribution < 1.29 is 28.2 Å². The fourth-order valence-electron chi connectivity index (χ4n) is 3.43. The maximum Gasteiger partial charge on any atom is 0.337 e. The Kier molecular flexibility index (Phi) is 8.29. The summed E-state index contributed by atoms with van der Waals surface area (Å²) < 4.78 is 32.8. The Balaban J connectivity index is 2.41. The summed E-state index contributed by atoms with van der Waals surface area (Å²) in [7, 11) is -2.79. The molecule has 0 saturated heterocycles. The Morgan fingerprint density at radius 1 is 1.03 bits per heavy atom. The Labute approximate surface area is 196 Å². The number of methoxy groups -OCH3 is 1. The van der Waals surface area contributed by atoms with Gasteiger partial charge in [0, 0.05) is 5.69 Å². The lowest BCUT2D eigenvalue weighted by Gasteiger charge is -2.25. The number of sulfonamides is 1. The molecule has 1 unspecified atom stereocenters. The first-order valence-corrected chi connectivity index (χ1v) is 12.2. The highest BCUT2D eigenvalue weighted by Crippen LogP contribution is 2.34.